The fourth-order valence-electron chi connectivity index (χ4n) is 2.06. The van der Waals surface area contributed by atoms with E-state index in [4.69, 9.17) is 14.9 Å². The Hall–Kier alpha value is -2.40. The van der Waals surface area contributed by atoms with E-state index < -0.39 is 0 Å². The van der Waals surface area contributed by atoms with E-state index in [1.54, 1.807) is 13.3 Å². The summed E-state index contributed by atoms with van der Waals surface area (Å²) < 4.78 is 10.9. The van der Waals surface area contributed by atoms with E-state index in [2.05, 4.69) is 9.97 Å². The Bertz CT molecular complexity index is 737. The Morgan fingerprint density at radius 3 is 2.95 bits per heavy atom. The van der Waals surface area contributed by atoms with Gasteiger partial charge < -0.3 is 14.9 Å². The van der Waals surface area contributed by atoms with Gasteiger partial charge in [0, 0.05) is 24.7 Å². The van der Waals surface area contributed by atoms with Crippen molar-refractivity contribution in [3.63, 3.8) is 0 Å². The number of nitrogens with two attached hydrogens (primary N) is 1. The molecule has 2 aromatic heterocycles. The summed E-state index contributed by atoms with van der Waals surface area (Å²) in [5.74, 6) is 1.43. The molecule has 0 aliphatic carbocycles. The molecule has 2 N–H and O–H groups in total. The Labute approximate surface area is 116 Å². The normalized spacial score (nSPS) is 10.9. The zero-order valence-corrected chi connectivity index (χ0v) is 11.2. The zero-order valence-electron chi connectivity index (χ0n) is 11.2. The van der Waals surface area contributed by atoms with E-state index >= 15 is 0 Å². The van der Waals surface area contributed by atoms with Gasteiger partial charge >= 0.3 is 0 Å². The van der Waals surface area contributed by atoms with E-state index in [1.165, 1.54) is 0 Å². The molecular formula is C15H15N3O2. The topological polar surface area (TPSA) is 74.2 Å². The highest BCUT2D eigenvalue weighted by Gasteiger charge is 2.08. The molecule has 0 unspecified atom stereocenters. The van der Waals surface area contributed by atoms with Crippen molar-refractivity contribution < 1.29 is 9.15 Å². The molecule has 0 atom stereocenters. The first-order chi connectivity index (χ1) is 9.80. The summed E-state index contributed by atoms with van der Waals surface area (Å²) in [5, 5.41) is 0. The molecule has 0 amide bonds. The van der Waals surface area contributed by atoms with Crippen molar-refractivity contribution >= 4 is 11.2 Å². The lowest BCUT2D eigenvalue weighted by Gasteiger charge is -2.03. The largest absolute Gasteiger partial charge is 0.497 e. The van der Waals surface area contributed by atoms with Gasteiger partial charge in [0.05, 0.1) is 7.11 Å². The molecule has 1 aromatic carbocycles. The molecule has 0 saturated carbocycles. The average molecular weight is 269 g/mol. The van der Waals surface area contributed by atoms with Crippen molar-refractivity contribution in [3.05, 3.63) is 42.4 Å². The van der Waals surface area contributed by atoms with Crippen LogP contribution in [0, 0.1) is 0 Å². The number of nitrogens with zero attached hydrogens (tertiary/aromatic N) is 2. The standard InChI is InChI=1S/C15H15N3O2/c1-19-12-4-2-3-10(7-12)11-8-13-15(17-9-11)18-14(20-13)5-6-16/h2-4,7-9H,5-6,16H2,1H3. The Balaban J connectivity index is 2.03. The van der Waals surface area contributed by atoms with E-state index in [1.807, 2.05) is 30.3 Å². The number of rotatable bonds is 4. The van der Waals surface area contributed by atoms with Crippen molar-refractivity contribution in [2.75, 3.05) is 13.7 Å². The lowest BCUT2D eigenvalue weighted by molar-refractivity contribution is 0.415. The Kier molecular flexibility index (Phi) is 3.35. The zero-order chi connectivity index (χ0) is 13.9. The maximum Gasteiger partial charge on any atom is 0.198 e. The predicted octanol–water partition coefficient (Wildman–Crippen LogP) is 2.40. The number of methoxy groups -OCH3 is 1. The fourth-order valence-corrected chi connectivity index (χ4v) is 2.06. The third-order valence-corrected chi connectivity index (χ3v) is 3.05. The van der Waals surface area contributed by atoms with Gasteiger partial charge in [0.25, 0.3) is 0 Å². The maximum absolute atomic E-state index is 5.64. The maximum atomic E-state index is 5.64. The van der Waals surface area contributed by atoms with Crippen molar-refractivity contribution in [2.45, 2.75) is 6.42 Å². The summed E-state index contributed by atoms with van der Waals surface area (Å²) in [6, 6.07) is 9.74. The minimum Gasteiger partial charge on any atom is -0.497 e. The first-order valence-corrected chi connectivity index (χ1v) is 6.40. The van der Waals surface area contributed by atoms with E-state index in [-0.39, 0.29) is 0 Å². The second-order valence-electron chi connectivity index (χ2n) is 4.42. The number of pyridine rings is 1. The van der Waals surface area contributed by atoms with Crippen LogP contribution in [0.3, 0.4) is 0 Å². The van der Waals surface area contributed by atoms with Gasteiger partial charge in [0.1, 0.15) is 5.75 Å². The van der Waals surface area contributed by atoms with Crippen LogP contribution in [-0.4, -0.2) is 23.6 Å². The van der Waals surface area contributed by atoms with Crippen LogP contribution in [0.15, 0.2) is 40.9 Å². The Morgan fingerprint density at radius 1 is 1.25 bits per heavy atom. The first kappa shape index (κ1) is 12.6. The minimum absolute atomic E-state index is 0.509. The third kappa shape index (κ3) is 2.35. The van der Waals surface area contributed by atoms with Crippen LogP contribution in [0.25, 0.3) is 22.4 Å². The molecule has 5 nitrogen and oxygen atoms in total. The van der Waals surface area contributed by atoms with E-state index in [0.29, 0.717) is 30.1 Å². The van der Waals surface area contributed by atoms with E-state index in [9.17, 15) is 0 Å². The van der Waals surface area contributed by atoms with Gasteiger partial charge in [-0.05, 0) is 23.8 Å². The van der Waals surface area contributed by atoms with Crippen LogP contribution in [-0.2, 0) is 6.42 Å². The summed E-state index contributed by atoms with van der Waals surface area (Å²) in [6.45, 7) is 0.509. The van der Waals surface area contributed by atoms with Gasteiger partial charge in [-0.2, -0.15) is 4.98 Å². The summed E-state index contributed by atoms with van der Waals surface area (Å²) >= 11 is 0. The number of ether oxygens (including phenoxy) is 1. The van der Waals surface area contributed by atoms with Crippen LogP contribution < -0.4 is 10.5 Å². The van der Waals surface area contributed by atoms with Gasteiger partial charge in [-0.15, -0.1) is 0 Å². The van der Waals surface area contributed by atoms with Crippen LogP contribution in [0.4, 0.5) is 0 Å². The number of hydrogen-bond donors (Lipinski definition) is 1. The van der Waals surface area contributed by atoms with Crippen molar-refractivity contribution in [2.24, 2.45) is 5.73 Å². The number of fused-ring (bicyclic) bond motifs is 1. The second kappa shape index (κ2) is 5.30. The molecule has 0 aliphatic heterocycles. The highest BCUT2D eigenvalue weighted by molar-refractivity contribution is 5.76. The second-order valence-corrected chi connectivity index (χ2v) is 4.42. The third-order valence-electron chi connectivity index (χ3n) is 3.05. The Morgan fingerprint density at radius 2 is 2.15 bits per heavy atom. The highest BCUT2D eigenvalue weighted by atomic mass is 16.5. The number of aromatic nitrogens is 2. The molecule has 5 heteroatoms. The number of oxazole rings is 1. The van der Waals surface area contributed by atoms with E-state index in [0.717, 1.165) is 16.9 Å². The predicted molar refractivity (Wildman–Crippen MR) is 76.6 cm³/mol. The lowest BCUT2D eigenvalue weighted by Crippen LogP contribution is -2.02. The highest BCUT2D eigenvalue weighted by Crippen LogP contribution is 2.26. The quantitative estimate of drug-likeness (QED) is 0.787. The van der Waals surface area contributed by atoms with Crippen LogP contribution in [0.1, 0.15) is 5.89 Å². The van der Waals surface area contributed by atoms with Gasteiger partial charge in [0.2, 0.25) is 0 Å². The molecule has 0 saturated heterocycles. The molecule has 3 rings (SSSR count). The van der Waals surface area contributed by atoms with Gasteiger partial charge in [-0.1, -0.05) is 12.1 Å². The van der Waals surface area contributed by atoms with Crippen molar-refractivity contribution in [1.29, 1.82) is 0 Å². The number of hydrogen-bond acceptors (Lipinski definition) is 5. The smallest absolute Gasteiger partial charge is 0.198 e. The van der Waals surface area contributed by atoms with Crippen molar-refractivity contribution in [1.82, 2.24) is 9.97 Å². The average Bonchev–Trinajstić information content (AvgIpc) is 2.89. The summed E-state index contributed by atoms with van der Waals surface area (Å²) in [5.41, 5.74) is 8.78. The van der Waals surface area contributed by atoms with Gasteiger partial charge in [-0.25, -0.2) is 4.98 Å². The van der Waals surface area contributed by atoms with Crippen molar-refractivity contribution in [3.8, 4) is 16.9 Å². The minimum atomic E-state index is 0.509. The molecule has 0 radical (unpaired) electrons. The summed E-state index contributed by atoms with van der Waals surface area (Å²) in [7, 11) is 1.65. The number of benzene rings is 1. The van der Waals surface area contributed by atoms with Crippen LogP contribution in [0.2, 0.25) is 0 Å². The molecule has 0 aliphatic rings. The monoisotopic (exact) mass is 269 g/mol. The molecule has 0 spiro atoms. The molecule has 2 heterocycles. The molecule has 0 fully saturated rings. The summed E-state index contributed by atoms with van der Waals surface area (Å²) in [6.07, 6.45) is 2.40. The molecule has 20 heavy (non-hydrogen) atoms. The van der Waals surface area contributed by atoms with Crippen LogP contribution >= 0.6 is 0 Å². The summed E-state index contributed by atoms with van der Waals surface area (Å²) in [4.78, 5) is 8.62. The molecule has 102 valence electrons. The molecular weight excluding hydrogens is 254 g/mol. The van der Waals surface area contributed by atoms with Gasteiger partial charge in [-0.3, -0.25) is 0 Å². The van der Waals surface area contributed by atoms with Crippen LogP contribution in [0.5, 0.6) is 5.75 Å². The molecule has 0 bridgehead atoms. The van der Waals surface area contributed by atoms with Gasteiger partial charge in [0.15, 0.2) is 17.1 Å². The SMILES string of the molecule is COc1cccc(-c2cnc3nc(CCN)oc3c2)c1. The lowest BCUT2D eigenvalue weighted by atomic mass is 10.1. The first-order valence-electron chi connectivity index (χ1n) is 6.40. The molecule has 3 aromatic rings. The fraction of sp³-hybridized carbons (Fsp3) is 0.200.